The summed E-state index contributed by atoms with van der Waals surface area (Å²) in [6.07, 6.45) is 8.16. The number of halogens is 1. The summed E-state index contributed by atoms with van der Waals surface area (Å²) in [7, 11) is 0. The predicted octanol–water partition coefficient (Wildman–Crippen LogP) is 3.05. The Kier molecular flexibility index (Phi) is 4.70. The Balaban J connectivity index is 2.16. The highest BCUT2D eigenvalue weighted by atomic mass is 35.5. The summed E-state index contributed by atoms with van der Waals surface area (Å²) in [5, 5.41) is 4.15. The number of rotatable bonds is 3. The second kappa shape index (κ2) is 5.60. The highest BCUT2D eigenvalue weighted by molar-refractivity contribution is 6.29. The quantitative estimate of drug-likeness (QED) is 0.670. The van der Waals surface area contributed by atoms with E-state index in [0.717, 1.165) is 11.6 Å². The van der Waals surface area contributed by atoms with E-state index in [1.165, 1.54) is 38.5 Å². The molecule has 0 spiro atoms. The van der Waals surface area contributed by atoms with Crippen LogP contribution in [0, 0.1) is 0 Å². The molecule has 0 amide bonds. The Morgan fingerprint density at radius 3 is 2.33 bits per heavy atom. The molecule has 0 aromatic carbocycles. The van der Waals surface area contributed by atoms with Gasteiger partial charge in [0, 0.05) is 17.6 Å². The molecule has 0 atom stereocenters. The van der Waals surface area contributed by atoms with Crippen molar-refractivity contribution in [1.82, 2.24) is 5.32 Å². The molecule has 1 N–H and O–H groups in total. The molecule has 12 heavy (non-hydrogen) atoms. The molecule has 1 aliphatic carbocycles. The van der Waals surface area contributed by atoms with Crippen molar-refractivity contribution in [3.8, 4) is 0 Å². The lowest BCUT2D eigenvalue weighted by Crippen LogP contribution is -2.29. The second-order valence-electron chi connectivity index (χ2n) is 3.59. The van der Waals surface area contributed by atoms with Gasteiger partial charge in [0.1, 0.15) is 0 Å². The standard InChI is InChI=1S/C10H18ClN/c1-9(11)8-12-10-6-4-2-3-5-7-10/h10,12H,1-8H2. The fraction of sp³-hybridized carbons (Fsp3) is 0.800. The van der Waals surface area contributed by atoms with E-state index in [1.54, 1.807) is 0 Å². The van der Waals surface area contributed by atoms with Crippen molar-refractivity contribution in [3.63, 3.8) is 0 Å². The first-order valence-electron chi connectivity index (χ1n) is 4.85. The first-order valence-corrected chi connectivity index (χ1v) is 5.23. The van der Waals surface area contributed by atoms with Gasteiger partial charge in [0.05, 0.1) is 0 Å². The van der Waals surface area contributed by atoms with Gasteiger partial charge >= 0.3 is 0 Å². The van der Waals surface area contributed by atoms with E-state index in [4.69, 9.17) is 11.6 Å². The van der Waals surface area contributed by atoms with Crippen LogP contribution in [0.1, 0.15) is 38.5 Å². The van der Waals surface area contributed by atoms with Crippen molar-refractivity contribution < 1.29 is 0 Å². The zero-order chi connectivity index (χ0) is 8.81. The molecule has 1 aliphatic rings. The number of hydrogen-bond acceptors (Lipinski definition) is 1. The third-order valence-electron chi connectivity index (χ3n) is 2.44. The SMILES string of the molecule is C=C(Cl)CNC1CCCCCC1. The van der Waals surface area contributed by atoms with Crippen LogP contribution in [0.25, 0.3) is 0 Å². The molecule has 1 saturated carbocycles. The summed E-state index contributed by atoms with van der Waals surface area (Å²) >= 11 is 5.68. The maximum Gasteiger partial charge on any atom is 0.0310 e. The van der Waals surface area contributed by atoms with E-state index in [-0.39, 0.29) is 0 Å². The van der Waals surface area contributed by atoms with Gasteiger partial charge in [-0.05, 0) is 12.8 Å². The first-order chi connectivity index (χ1) is 5.79. The highest BCUT2D eigenvalue weighted by Gasteiger charge is 2.10. The topological polar surface area (TPSA) is 12.0 Å². The van der Waals surface area contributed by atoms with E-state index in [2.05, 4.69) is 11.9 Å². The Morgan fingerprint density at radius 2 is 1.83 bits per heavy atom. The fourth-order valence-corrected chi connectivity index (χ4v) is 1.82. The van der Waals surface area contributed by atoms with Crippen molar-refractivity contribution in [3.05, 3.63) is 11.6 Å². The maximum absolute atomic E-state index is 5.68. The van der Waals surface area contributed by atoms with Gasteiger partial charge < -0.3 is 5.32 Å². The van der Waals surface area contributed by atoms with E-state index < -0.39 is 0 Å². The Hall–Kier alpha value is -0.0100. The largest absolute Gasteiger partial charge is 0.309 e. The number of hydrogen-bond donors (Lipinski definition) is 1. The molecule has 0 saturated heterocycles. The fourth-order valence-electron chi connectivity index (χ4n) is 1.74. The summed E-state index contributed by atoms with van der Waals surface area (Å²) in [6, 6.07) is 0.683. The van der Waals surface area contributed by atoms with Crippen molar-refractivity contribution in [2.75, 3.05) is 6.54 Å². The van der Waals surface area contributed by atoms with Gasteiger partial charge in [-0.1, -0.05) is 43.9 Å². The lowest BCUT2D eigenvalue weighted by atomic mass is 10.1. The van der Waals surface area contributed by atoms with E-state index in [1.807, 2.05) is 0 Å². The van der Waals surface area contributed by atoms with Gasteiger partial charge in [0.2, 0.25) is 0 Å². The third kappa shape index (κ3) is 4.13. The average molecular weight is 188 g/mol. The second-order valence-corrected chi connectivity index (χ2v) is 4.12. The Labute approximate surface area is 80.2 Å². The molecule has 2 heteroatoms. The van der Waals surface area contributed by atoms with Gasteiger partial charge in [-0.3, -0.25) is 0 Å². The van der Waals surface area contributed by atoms with Crippen LogP contribution in [-0.2, 0) is 0 Å². The average Bonchev–Trinajstić information content (AvgIpc) is 2.28. The lowest BCUT2D eigenvalue weighted by molar-refractivity contribution is 0.480. The minimum absolute atomic E-state index is 0.683. The minimum Gasteiger partial charge on any atom is -0.309 e. The maximum atomic E-state index is 5.68. The Bertz CT molecular complexity index is 137. The minimum atomic E-state index is 0.683. The molecule has 0 aromatic heterocycles. The highest BCUT2D eigenvalue weighted by Crippen LogP contribution is 2.17. The lowest BCUT2D eigenvalue weighted by Gasteiger charge is -2.15. The molecule has 0 unspecified atom stereocenters. The predicted molar refractivity (Wildman–Crippen MR) is 54.5 cm³/mol. The normalized spacial score (nSPS) is 20.4. The molecular weight excluding hydrogens is 170 g/mol. The van der Waals surface area contributed by atoms with Crippen molar-refractivity contribution in [2.24, 2.45) is 0 Å². The van der Waals surface area contributed by atoms with Crippen LogP contribution < -0.4 is 5.32 Å². The van der Waals surface area contributed by atoms with Crippen LogP contribution in [0.5, 0.6) is 0 Å². The van der Waals surface area contributed by atoms with E-state index in [0.29, 0.717) is 6.04 Å². The van der Waals surface area contributed by atoms with Gasteiger partial charge in [0.15, 0.2) is 0 Å². The number of nitrogens with one attached hydrogen (secondary N) is 1. The van der Waals surface area contributed by atoms with Gasteiger partial charge in [-0.2, -0.15) is 0 Å². The van der Waals surface area contributed by atoms with Crippen LogP contribution in [-0.4, -0.2) is 12.6 Å². The zero-order valence-corrected chi connectivity index (χ0v) is 8.37. The summed E-state index contributed by atoms with van der Waals surface area (Å²) in [4.78, 5) is 0. The molecule has 0 bridgehead atoms. The van der Waals surface area contributed by atoms with Crippen molar-refractivity contribution in [2.45, 2.75) is 44.6 Å². The molecule has 0 heterocycles. The van der Waals surface area contributed by atoms with Gasteiger partial charge in [0.25, 0.3) is 0 Å². The van der Waals surface area contributed by atoms with Crippen LogP contribution in [0.15, 0.2) is 11.6 Å². The summed E-state index contributed by atoms with van der Waals surface area (Å²) in [5.41, 5.74) is 0. The molecule has 0 aliphatic heterocycles. The molecule has 1 fully saturated rings. The van der Waals surface area contributed by atoms with Crippen molar-refractivity contribution in [1.29, 1.82) is 0 Å². The van der Waals surface area contributed by atoms with Crippen LogP contribution in [0.4, 0.5) is 0 Å². The van der Waals surface area contributed by atoms with Crippen LogP contribution in [0.3, 0.4) is 0 Å². The van der Waals surface area contributed by atoms with E-state index >= 15 is 0 Å². The first kappa shape index (κ1) is 10.1. The third-order valence-corrected chi connectivity index (χ3v) is 2.57. The van der Waals surface area contributed by atoms with E-state index in [9.17, 15) is 0 Å². The molecule has 0 aromatic rings. The molecular formula is C10H18ClN. The van der Waals surface area contributed by atoms with Gasteiger partial charge in [-0.25, -0.2) is 0 Å². The Morgan fingerprint density at radius 1 is 1.25 bits per heavy atom. The van der Waals surface area contributed by atoms with Crippen LogP contribution >= 0.6 is 11.6 Å². The van der Waals surface area contributed by atoms with Gasteiger partial charge in [-0.15, -0.1) is 0 Å². The summed E-state index contributed by atoms with van der Waals surface area (Å²) < 4.78 is 0. The monoisotopic (exact) mass is 187 g/mol. The zero-order valence-electron chi connectivity index (χ0n) is 7.61. The summed E-state index contributed by atoms with van der Waals surface area (Å²) in [5.74, 6) is 0. The summed E-state index contributed by atoms with van der Waals surface area (Å²) in [6.45, 7) is 4.44. The van der Waals surface area contributed by atoms with Crippen LogP contribution in [0.2, 0.25) is 0 Å². The molecule has 70 valence electrons. The smallest absolute Gasteiger partial charge is 0.0310 e. The van der Waals surface area contributed by atoms with Crippen molar-refractivity contribution >= 4 is 11.6 Å². The molecule has 0 radical (unpaired) electrons. The molecule has 1 rings (SSSR count). The molecule has 1 nitrogen and oxygen atoms in total.